The molecule has 0 radical (unpaired) electrons. The number of aromatic nitrogens is 2. The first-order valence-electron chi connectivity index (χ1n) is 5.32. The van der Waals surface area contributed by atoms with E-state index < -0.39 is 0 Å². The molecule has 1 fully saturated rings. The van der Waals surface area contributed by atoms with Gasteiger partial charge in [0, 0.05) is 6.42 Å². The summed E-state index contributed by atoms with van der Waals surface area (Å²) in [6, 6.07) is 0. The number of hydrogen-bond donors (Lipinski definition) is 0. The second-order valence-corrected chi connectivity index (χ2v) is 4.80. The van der Waals surface area contributed by atoms with Crippen LogP contribution in [-0.2, 0) is 15.3 Å². The lowest BCUT2D eigenvalue weighted by Gasteiger charge is -2.16. The minimum atomic E-state index is -0.360. The van der Waals surface area contributed by atoms with Gasteiger partial charge in [0.2, 0.25) is 5.89 Å². The van der Waals surface area contributed by atoms with E-state index in [4.69, 9.17) is 9.26 Å². The van der Waals surface area contributed by atoms with E-state index in [1.54, 1.807) is 11.8 Å². The Bertz CT molecular complexity index is 367. The van der Waals surface area contributed by atoms with Crippen molar-refractivity contribution < 1.29 is 14.1 Å². The van der Waals surface area contributed by atoms with Crippen LogP contribution in [0.4, 0.5) is 0 Å². The zero-order chi connectivity index (χ0) is 11.4. The Labute approximate surface area is 97.9 Å². The highest BCUT2D eigenvalue weighted by atomic mass is 32.2. The quantitative estimate of drug-likeness (QED) is 0.795. The summed E-state index contributed by atoms with van der Waals surface area (Å²) in [5.41, 5.74) is 0. The average molecular weight is 242 g/mol. The van der Waals surface area contributed by atoms with Crippen LogP contribution in [-0.4, -0.2) is 34.9 Å². The van der Waals surface area contributed by atoms with E-state index in [2.05, 4.69) is 17.1 Å². The molecule has 88 valence electrons. The monoisotopic (exact) mass is 242 g/mol. The van der Waals surface area contributed by atoms with Crippen molar-refractivity contribution in [3.05, 3.63) is 11.7 Å². The Balaban J connectivity index is 2.02. The van der Waals surface area contributed by atoms with Gasteiger partial charge in [0.05, 0.1) is 19.0 Å². The maximum atomic E-state index is 11.6. The predicted octanol–water partition coefficient (Wildman–Crippen LogP) is 1.40. The third-order valence-corrected chi connectivity index (χ3v) is 3.25. The molecule has 0 amide bonds. The van der Waals surface area contributed by atoms with Crippen molar-refractivity contribution in [2.45, 2.75) is 25.0 Å². The number of carbonyl (C=O) groups is 1. The number of ether oxygens (including phenoxy) is 1. The molecule has 1 aromatic rings. The second-order valence-electron chi connectivity index (χ2n) is 3.53. The third kappa shape index (κ3) is 2.62. The summed E-state index contributed by atoms with van der Waals surface area (Å²) in [6.07, 6.45) is 0.437. The highest BCUT2D eigenvalue weighted by Crippen LogP contribution is 2.21. The number of thioether (sulfide) groups is 1. The molecule has 1 aliphatic rings. The van der Waals surface area contributed by atoms with Crippen molar-refractivity contribution in [1.29, 1.82) is 0 Å². The van der Waals surface area contributed by atoms with Crippen LogP contribution in [0.15, 0.2) is 4.52 Å². The summed E-state index contributed by atoms with van der Waals surface area (Å²) >= 11 is 1.72. The minimum absolute atomic E-state index is 0.129. The van der Waals surface area contributed by atoms with Gasteiger partial charge in [0.25, 0.3) is 0 Å². The predicted molar refractivity (Wildman–Crippen MR) is 59.3 cm³/mol. The molecule has 0 spiro atoms. The molecule has 1 aliphatic heterocycles. The van der Waals surface area contributed by atoms with Crippen molar-refractivity contribution in [3.63, 3.8) is 0 Å². The molecule has 6 heteroatoms. The second kappa shape index (κ2) is 5.45. The summed E-state index contributed by atoms with van der Waals surface area (Å²) in [7, 11) is 0. The first-order chi connectivity index (χ1) is 7.81. The number of rotatable bonds is 4. The number of hydrogen-bond acceptors (Lipinski definition) is 6. The highest BCUT2D eigenvalue weighted by Gasteiger charge is 2.29. The van der Waals surface area contributed by atoms with E-state index in [0.717, 1.165) is 11.5 Å². The zero-order valence-electron chi connectivity index (χ0n) is 9.14. The summed E-state index contributed by atoms with van der Waals surface area (Å²) in [5.74, 6) is 2.56. The largest absolute Gasteiger partial charge is 0.380 e. The van der Waals surface area contributed by atoms with Crippen LogP contribution in [0.25, 0.3) is 0 Å². The molecule has 0 N–H and O–H groups in total. The van der Waals surface area contributed by atoms with Crippen LogP contribution < -0.4 is 0 Å². The van der Waals surface area contributed by atoms with Crippen molar-refractivity contribution in [2.24, 2.45) is 0 Å². The molecule has 1 aromatic heterocycles. The van der Waals surface area contributed by atoms with Gasteiger partial charge in [0.1, 0.15) is 11.7 Å². The SMILES string of the molecule is CCSCc1noc(C2COCCC2=O)n1. The Morgan fingerprint density at radius 1 is 1.56 bits per heavy atom. The molecule has 0 bridgehead atoms. The van der Waals surface area contributed by atoms with Crippen molar-refractivity contribution in [3.8, 4) is 0 Å². The molecule has 1 unspecified atom stereocenters. The van der Waals surface area contributed by atoms with Crippen molar-refractivity contribution >= 4 is 17.5 Å². The Kier molecular flexibility index (Phi) is 3.95. The van der Waals surface area contributed by atoms with E-state index in [1.807, 2.05) is 0 Å². The first-order valence-corrected chi connectivity index (χ1v) is 6.47. The van der Waals surface area contributed by atoms with Crippen LogP contribution >= 0.6 is 11.8 Å². The molecule has 1 saturated heterocycles. The lowest BCUT2D eigenvalue weighted by Crippen LogP contribution is -2.25. The van der Waals surface area contributed by atoms with Crippen LogP contribution in [0.1, 0.15) is 31.0 Å². The Hall–Kier alpha value is -0.880. The number of Topliss-reactive ketones (excluding diaryl/α,β-unsaturated/α-hetero) is 1. The van der Waals surface area contributed by atoms with Gasteiger partial charge >= 0.3 is 0 Å². The van der Waals surface area contributed by atoms with E-state index >= 15 is 0 Å². The van der Waals surface area contributed by atoms with Crippen LogP contribution in [0.2, 0.25) is 0 Å². The Morgan fingerprint density at radius 2 is 2.44 bits per heavy atom. The normalized spacial score (nSPS) is 21.3. The summed E-state index contributed by atoms with van der Waals surface area (Å²) < 4.78 is 10.3. The smallest absolute Gasteiger partial charge is 0.239 e. The summed E-state index contributed by atoms with van der Waals surface area (Å²) in [5, 5.41) is 3.85. The minimum Gasteiger partial charge on any atom is -0.380 e. The fraction of sp³-hybridized carbons (Fsp3) is 0.700. The number of carbonyl (C=O) groups excluding carboxylic acids is 1. The molecular weight excluding hydrogens is 228 g/mol. The fourth-order valence-corrected chi connectivity index (χ4v) is 2.02. The molecule has 0 saturated carbocycles. The van der Waals surface area contributed by atoms with Gasteiger partial charge in [-0.3, -0.25) is 4.79 Å². The Morgan fingerprint density at radius 3 is 3.19 bits per heavy atom. The highest BCUT2D eigenvalue weighted by molar-refractivity contribution is 7.98. The molecule has 2 rings (SSSR count). The summed E-state index contributed by atoms with van der Waals surface area (Å²) in [6.45, 7) is 2.94. The number of ketones is 1. The average Bonchev–Trinajstić information content (AvgIpc) is 2.75. The molecule has 0 aromatic carbocycles. The van der Waals surface area contributed by atoms with E-state index in [1.165, 1.54) is 0 Å². The van der Waals surface area contributed by atoms with Gasteiger partial charge in [-0.15, -0.1) is 0 Å². The van der Waals surface area contributed by atoms with Crippen LogP contribution in [0, 0.1) is 0 Å². The lowest BCUT2D eigenvalue weighted by atomic mass is 10.0. The van der Waals surface area contributed by atoms with E-state index in [-0.39, 0.29) is 11.7 Å². The van der Waals surface area contributed by atoms with Gasteiger partial charge in [-0.1, -0.05) is 12.1 Å². The van der Waals surface area contributed by atoms with Gasteiger partial charge in [-0.25, -0.2) is 0 Å². The lowest BCUT2D eigenvalue weighted by molar-refractivity contribution is -0.127. The van der Waals surface area contributed by atoms with Gasteiger partial charge in [0.15, 0.2) is 5.82 Å². The molecule has 1 atom stereocenters. The molecule has 16 heavy (non-hydrogen) atoms. The standard InChI is InChI=1S/C10H14N2O3S/c1-2-16-6-9-11-10(15-12-9)7-5-14-4-3-8(7)13/h7H,2-6H2,1H3. The molecule has 2 heterocycles. The maximum Gasteiger partial charge on any atom is 0.239 e. The van der Waals surface area contributed by atoms with Crippen LogP contribution in [0.5, 0.6) is 0 Å². The fourth-order valence-electron chi connectivity index (χ4n) is 1.51. The van der Waals surface area contributed by atoms with Crippen molar-refractivity contribution in [1.82, 2.24) is 10.1 Å². The van der Waals surface area contributed by atoms with Gasteiger partial charge in [-0.2, -0.15) is 16.7 Å². The van der Waals surface area contributed by atoms with Crippen molar-refractivity contribution in [2.75, 3.05) is 19.0 Å². The molecule has 0 aliphatic carbocycles. The van der Waals surface area contributed by atoms with Gasteiger partial charge < -0.3 is 9.26 Å². The van der Waals surface area contributed by atoms with Crippen LogP contribution in [0.3, 0.4) is 0 Å². The van der Waals surface area contributed by atoms with E-state index in [9.17, 15) is 4.79 Å². The van der Waals surface area contributed by atoms with E-state index in [0.29, 0.717) is 31.3 Å². The van der Waals surface area contributed by atoms with Gasteiger partial charge in [-0.05, 0) is 5.75 Å². The summed E-state index contributed by atoms with van der Waals surface area (Å²) in [4.78, 5) is 15.8. The third-order valence-electron chi connectivity index (χ3n) is 2.38. The zero-order valence-corrected chi connectivity index (χ0v) is 9.96. The number of nitrogens with zero attached hydrogens (tertiary/aromatic N) is 2. The molecule has 5 nitrogen and oxygen atoms in total. The first kappa shape index (κ1) is 11.6. The molecular formula is C10H14N2O3S. The topological polar surface area (TPSA) is 65.2 Å². The maximum absolute atomic E-state index is 11.6.